The van der Waals surface area contributed by atoms with E-state index in [-0.39, 0.29) is 6.42 Å². The van der Waals surface area contributed by atoms with Crippen LogP contribution in [0.15, 0.2) is 54.9 Å². The maximum atomic E-state index is 11.3. The molecule has 0 aliphatic carbocycles. The number of carbonyl (C=O) groups excluding carboxylic acids is 1. The molecule has 0 aliphatic rings. The van der Waals surface area contributed by atoms with Crippen LogP contribution in [-0.4, -0.2) is 37.6 Å². The molecule has 1 amide bonds. The maximum absolute atomic E-state index is 11.3. The number of imidazole rings is 1. The van der Waals surface area contributed by atoms with Crippen molar-refractivity contribution in [3.05, 3.63) is 60.6 Å². The third kappa shape index (κ3) is 3.20. The molecule has 2 N–H and O–H groups in total. The quantitative estimate of drug-likeness (QED) is 0.582. The summed E-state index contributed by atoms with van der Waals surface area (Å²) in [4.78, 5) is 24.5. The Labute approximate surface area is 154 Å². The number of ether oxygens (including phenoxy) is 1. The largest absolute Gasteiger partial charge is 0.481 e. The monoisotopic (exact) mass is 360 g/mol. The second-order valence-electron chi connectivity index (χ2n) is 5.85. The van der Waals surface area contributed by atoms with Crippen molar-refractivity contribution in [2.75, 3.05) is 7.11 Å². The molecule has 0 bridgehead atoms. The topological polar surface area (TPSA) is 108 Å². The number of pyridine rings is 2. The third-order valence-electron chi connectivity index (χ3n) is 4.05. The lowest BCUT2D eigenvalue weighted by molar-refractivity contribution is -0.117. The molecule has 0 saturated heterocycles. The van der Waals surface area contributed by atoms with Crippen molar-refractivity contribution in [1.82, 2.24) is 24.6 Å². The highest BCUT2D eigenvalue weighted by atomic mass is 16.5. The Kier molecular flexibility index (Phi) is 4.21. The van der Waals surface area contributed by atoms with Crippen molar-refractivity contribution >= 4 is 11.6 Å². The van der Waals surface area contributed by atoms with Crippen molar-refractivity contribution < 1.29 is 9.53 Å². The van der Waals surface area contributed by atoms with Crippen LogP contribution in [0.3, 0.4) is 0 Å². The van der Waals surface area contributed by atoms with Gasteiger partial charge in [-0.2, -0.15) is 5.10 Å². The first kappa shape index (κ1) is 16.6. The normalized spacial score (nSPS) is 10.9. The average molecular weight is 360 g/mol. The van der Waals surface area contributed by atoms with Crippen LogP contribution < -0.4 is 10.5 Å². The zero-order chi connectivity index (χ0) is 18.8. The number of methoxy groups -OCH3 is 1. The number of carbonyl (C=O) groups is 1. The van der Waals surface area contributed by atoms with E-state index in [1.165, 1.54) is 0 Å². The minimum atomic E-state index is -0.438. The molecule has 8 heteroatoms. The SMILES string of the molecule is COc1cccc(-c2ncccc2-c2ccc3ncc(CC(N)=O)n3n2)n1. The highest BCUT2D eigenvalue weighted by Crippen LogP contribution is 2.29. The van der Waals surface area contributed by atoms with Gasteiger partial charge in [0.25, 0.3) is 0 Å². The van der Waals surface area contributed by atoms with E-state index in [2.05, 4.69) is 20.1 Å². The summed E-state index contributed by atoms with van der Waals surface area (Å²) in [5.41, 5.74) is 9.42. The second-order valence-corrected chi connectivity index (χ2v) is 5.85. The summed E-state index contributed by atoms with van der Waals surface area (Å²) in [5.74, 6) is 0.0671. The molecule has 27 heavy (non-hydrogen) atoms. The fourth-order valence-electron chi connectivity index (χ4n) is 2.84. The Hall–Kier alpha value is -3.81. The zero-order valence-electron chi connectivity index (χ0n) is 14.5. The second kappa shape index (κ2) is 6.83. The standard InChI is InChI=1S/C19H16N6O2/c1-27-18-6-2-5-15(23-18)19-13(4-3-9-21-19)14-7-8-17-22-11-12(10-16(20)26)25(17)24-14/h2-9,11H,10H2,1H3,(H2,20,26). The van der Waals surface area contributed by atoms with Crippen LogP contribution in [0.5, 0.6) is 5.88 Å². The van der Waals surface area contributed by atoms with Gasteiger partial charge in [-0.25, -0.2) is 14.5 Å². The first-order chi connectivity index (χ1) is 13.2. The maximum Gasteiger partial charge on any atom is 0.223 e. The van der Waals surface area contributed by atoms with E-state index in [1.54, 1.807) is 30.1 Å². The number of amides is 1. The first-order valence-corrected chi connectivity index (χ1v) is 8.24. The van der Waals surface area contributed by atoms with E-state index in [0.29, 0.717) is 34.3 Å². The van der Waals surface area contributed by atoms with Gasteiger partial charge in [0, 0.05) is 17.8 Å². The van der Waals surface area contributed by atoms with Crippen molar-refractivity contribution in [1.29, 1.82) is 0 Å². The summed E-state index contributed by atoms with van der Waals surface area (Å²) in [6.45, 7) is 0. The Balaban J connectivity index is 1.85. The van der Waals surface area contributed by atoms with Gasteiger partial charge in [0.2, 0.25) is 11.8 Å². The van der Waals surface area contributed by atoms with Crippen molar-refractivity contribution in [2.24, 2.45) is 5.73 Å². The Bertz CT molecular complexity index is 1140. The number of nitrogens with two attached hydrogens (primary N) is 1. The molecule has 0 unspecified atom stereocenters. The molecule has 0 saturated carbocycles. The summed E-state index contributed by atoms with van der Waals surface area (Å²) in [6.07, 6.45) is 3.37. The number of aromatic nitrogens is 5. The predicted molar refractivity (Wildman–Crippen MR) is 98.9 cm³/mol. The summed E-state index contributed by atoms with van der Waals surface area (Å²) < 4.78 is 6.83. The van der Waals surface area contributed by atoms with E-state index in [1.807, 2.05) is 36.4 Å². The molecule has 0 fully saturated rings. The first-order valence-electron chi connectivity index (χ1n) is 8.24. The molecule has 0 aromatic carbocycles. The van der Waals surface area contributed by atoms with Crippen LogP contribution in [0.4, 0.5) is 0 Å². The lowest BCUT2D eigenvalue weighted by Gasteiger charge is -2.09. The van der Waals surface area contributed by atoms with Gasteiger partial charge >= 0.3 is 0 Å². The smallest absolute Gasteiger partial charge is 0.223 e. The van der Waals surface area contributed by atoms with E-state index in [9.17, 15) is 4.79 Å². The molecule has 0 aliphatic heterocycles. The molecule has 4 rings (SSSR count). The number of primary amides is 1. The highest BCUT2D eigenvalue weighted by Gasteiger charge is 2.14. The number of fused-ring (bicyclic) bond motifs is 1. The van der Waals surface area contributed by atoms with Crippen LogP contribution >= 0.6 is 0 Å². The number of nitrogens with zero attached hydrogens (tertiary/aromatic N) is 5. The molecule has 0 spiro atoms. The summed E-state index contributed by atoms with van der Waals surface area (Å²) in [6, 6.07) is 12.9. The Morgan fingerprint density at radius 1 is 1.11 bits per heavy atom. The molecule has 4 aromatic rings. The molecule has 8 nitrogen and oxygen atoms in total. The van der Waals surface area contributed by atoms with Gasteiger partial charge in [-0.3, -0.25) is 9.78 Å². The molecule has 4 aromatic heterocycles. The van der Waals surface area contributed by atoms with Gasteiger partial charge in [0.15, 0.2) is 5.65 Å². The van der Waals surface area contributed by atoms with Crippen LogP contribution in [-0.2, 0) is 11.2 Å². The lowest BCUT2D eigenvalue weighted by atomic mass is 10.1. The Morgan fingerprint density at radius 2 is 2.00 bits per heavy atom. The minimum Gasteiger partial charge on any atom is -0.481 e. The van der Waals surface area contributed by atoms with E-state index >= 15 is 0 Å². The van der Waals surface area contributed by atoms with Gasteiger partial charge in [-0.05, 0) is 30.3 Å². The van der Waals surface area contributed by atoms with Gasteiger partial charge < -0.3 is 10.5 Å². The van der Waals surface area contributed by atoms with E-state index < -0.39 is 5.91 Å². The highest BCUT2D eigenvalue weighted by molar-refractivity contribution is 5.78. The lowest BCUT2D eigenvalue weighted by Crippen LogP contribution is -2.15. The number of hydrogen-bond acceptors (Lipinski definition) is 6. The molecule has 134 valence electrons. The molecule has 4 heterocycles. The van der Waals surface area contributed by atoms with Crippen LogP contribution in [0.1, 0.15) is 5.69 Å². The van der Waals surface area contributed by atoms with Gasteiger partial charge in [-0.15, -0.1) is 0 Å². The van der Waals surface area contributed by atoms with Crippen LogP contribution in [0.25, 0.3) is 28.3 Å². The summed E-state index contributed by atoms with van der Waals surface area (Å²) in [7, 11) is 1.57. The molecule has 0 atom stereocenters. The Morgan fingerprint density at radius 3 is 2.81 bits per heavy atom. The fraction of sp³-hybridized carbons (Fsp3) is 0.105. The van der Waals surface area contributed by atoms with Crippen molar-refractivity contribution in [3.63, 3.8) is 0 Å². The predicted octanol–water partition coefficient (Wildman–Crippen LogP) is 1.89. The minimum absolute atomic E-state index is 0.0644. The van der Waals surface area contributed by atoms with Gasteiger partial charge in [0.1, 0.15) is 0 Å². The van der Waals surface area contributed by atoms with Gasteiger partial charge in [-0.1, -0.05) is 6.07 Å². The molecular formula is C19H16N6O2. The van der Waals surface area contributed by atoms with Crippen molar-refractivity contribution in [2.45, 2.75) is 6.42 Å². The summed E-state index contributed by atoms with van der Waals surface area (Å²) >= 11 is 0. The average Bonchev–Trinajstić information content (AvgIpc) is 3.09. The third-order valence-corrected chi connectivity index (χ3v) is 4.05. The van der Waals surface area contributed by atoms with E-state index in [4.69, 9.17) is 10.5 Å². The molecular weight excluding hydrogens is 344 g/mol. The fourth-order valence-corrected chi connectivity index (χ4v) is 2.84. The summed E-state index contributed by atoms with van der Waals surface area (Å²) in [5, 5.41) is 4.63. The van der Waals surface area contributed by atoms with Crippen LogP contribution in [0, 0.1) is 0 Å². The number of rotatable bonds is 5. The van der Waals surface area contributed by atoms with Gasteiger partial charge in [0.05, 0.1) is 42.5 Å². The zero-order valence-corrected chi connectivity index (χ0v) is 14.5. The van der Waals surface area contributed by atoms with Crippen molar-refractivity contribution in [3.8, 4) is 28.5 Å². The van der Waals surface area contributed by atoms with Crippen LogP contribution in [0.2, 0.25) is 0 Å². The van der Waals surface area contributed by atoms with E-state index in [0.717, 1.165) is 5.56 Å². The number of hydrogen-bond donors (Lipinski definition) is 1. The molecule has 0 radical (unpaired) electrons.